The van der Waals surface area contributed by atoms with Gasteiger partial charge in [-0.3, -0.25) is 0 Å². The van der Waals surface area contributed by atoms with Crippen LogP contribution in [0.2, 0.25) is 0 Å². The topological polar surface area (TPSA) is 18.5 Å². The summed E-state index contributed by atoms with van der Waals surface area (Å²) in [6.07, 6.45) is 0. The molecule has 1 aliphatic rings. The molecule has 0 spiro atoms. The molecule has 0 bridgehead atoms. The molecule has 0 saturated heterocycles. The number of para-hydroxylation sites is 1. The molecule has 128 valence electrons. The van der Waals surface area contributed by atoms with Gasteiger partial charge in [0.25, 0.3) is 0 Å². The van der Waals surface area contributed by atoms with E-state index in [0.717, 1.165) is 17.1 Å². The van der Waals surface area contributed by atoms with E-state index >= 15 is 0 Å². The van der Waals surface area contributed by atoms with Crippen LogP contribution in [-0.4, -0.2) is 18.1 Å². The first-order chi connectivity index (χ1) is 11.3. The van der Waals surface area contributed by atoms with Crippen molar-refractivity contribution in [2.75, 3.05) is 7.11 Å². The molecule has 0 fully saturated rings. The summed E-state index contributed by atoms with van der Waals surface area (Å²) < 4.78 is 12.1. The van der Waals surface area contributed by atoms with E-state index in [-0.39, 0.29) is 11.0 Å². The average molecular weight is 342 g/mol. The molecule has 3 heteroatoms. The molecule has 2 aromatic carbocycles. The zero-order chi connectivity index (χ0) is 17.5. The molecule has 3 rings (SSSR count). The Hall–Kier alpha value is -1.53. The van der Waals surface area contributed by atoms with Crippen LogP contribution in [0.3, 0.4) is 0 Å². The maximum absolute atomic E-state index is 6.43. The highest BCUT2D eigenvalue weighted by molar-refractivity contribution is 7.68. The highest BCUT2D eigenvalue weighted by Gasteiger charge is 2.44. The van der Waals surface area contributed by atoms with Crippen LogP contribution in [0.25, 0.3) is 11.1 Å². The summed E-state index contributed by atoms with van der Waals surface area (Å²) >= 11 is 0. The van der Waals surface area contributed by atoms with Gasteiger partial charge in [-0.15, -0.1) is 0 Å². The molecule has 2 atom stereocenters. The van der Waals surface area contributed by atoms with Crippen molar-refractivity contribution in [3.05, 3.63) is 42.5 Å². The number of methoxy groups -OCH3 is 1. The maximum atomic E-state index is 6.43. The van der Waals surface area contributed by atoms with Gasteiger partial charge in [-0.25, -0.2) is 0 Å². The Balaban J connectivity index is 2.23. The standard InChI is InChI=1S/C21H27O2P/c1-14(2)20-23-18-13-9-11-16(19(18)24(20)21(3,4)5)15-10-7-8-12-17(15)22-6/h7-14,20H,1-6H3/t20-,24+/m0/s1. The van der Waals surface area contributed by atoms with Gasteiger partial charge in [-0.2, -0.15) is 0 Å². The van der Waals surface area contributed by atoms with Gasteiger partial charge in [0.1, 0.15) is 17.3 Å². The fourth-order valence-corrected chi connectivity index (χ4v) is 6.73. The zero-order valence-corrected chi connectivity index (χ0v) is 16.4. The predicted molar refractivity (Wildman–Crippen MR) is 104 cm³/mol. The molecule has 0 aromatic heterocycles. The molecule has 0 radical (unpaired) electrons. The molecule has 1 aliphatic heterocycles. The Morgan fingerprint density at radius 2 is 1.67 bits per heavy atom. The van der Waals surface area contributed by atoms with Crippen molar-refractivity contribution in [1.82, 2.24) is 0 Å². The number of hydrogen-bond acceptors (Lipinski definition) is 2. The maximum Gasteiger partial charge on any atom is 0.128 e. The third-order valence-corrected chi connectivity index (χ3v) is 8.03. The van der Waals surface area contributed by atoms with E-state index in [1.165, 1.54) is 10.9 Å². The number of ether oxygens (including phenoxy) is 2. The minimum atomic E-state index is -0.444. The molecule has 1 heterocycles. The van der Waals surface area contributed by atoms with Crippen LogP contribution in [0.4, 0.5) is 0 Å². The zero-order valence-electron chi connectivity index (χ0n) is 15.5. The van der Waals surface area contributed by atoms with E-state index in [2.05, 4.69) is 65.0 Å². The van der Waals surface area contributed by atoms with Gasteiger partial charge in [-0.05, 0) is 36.7 Å². The van der Waals surface area contributed by atoms with Crippen LogP contribution in [0, 0.1) is 5.92 Å². The Labute approximate surface area is 146 Å². The summed E-state index contributed by atoms with van der Waals surface area (Å²) in [5, 5.41) is 1.58. The quantitative estimate of drug-likeness (QED) is 0.672. The lowest BCUT2D eigenvalue weighted by Crippen LogP contribution is -2.27. The van der Waals surface area contributed by atoms with Gasteiger partial charge in [0.2, 0.25) is 0 Å². The van der Waals surface area contributed by atoms with E-state index in [1.807, 2.05) is 12.1 Å². The first kappa shape index (κ1) is 17.3. The van der Waals surface area contributed by atoms with Crippen LogP contribution in [0.5, 0.6) is 11.5 Å². The second-order valence-electron chi connectivity index (χ2n) is 7.65. The van der Waals surface area contributed by atoms with Gasteiger partial charge >= 0.3 is 0 Å². The van der Waals surface area contributed by atoms with Crippen molar-refractivity contribution in [3.63, 3.8) is 0 Å². The van der Waals surface area contributed by atoms with Crippen molar-refractivity contribution in [1.29, 1.82) is 0 Å². The van der Waals surface area contributed by atoms with Gasteiger partial charge in [0, 0.05) is 10.9 Å². The van der Waals surface area contributed by atoms with Crippen molar-refractivity contribution in [3.8, 4) is 22.6 Å². The second-order valence-corrected chi connectivity index (χ2v) is 10.7. The Morgan fingerprint density at radius 3 is 2.29 bits per heavy atom. The predicted octanol–water partition coefficient (Wildman–Crippen LogP) is 5.64. The third-order valence-electron chi connectivity index (χ3n) is 4.43. The van der Waals surface area contributed by atoms with Gasteiger partial charge in [-0.1, -0.05) is 65.0 Å². The van der Waals surface area contributed by atoms with Crippen molar-refractivity contribution >= 4 is 13.2 Å². The molecular formula is C21H27O2P. The molecule has 2 aromatic rings. The summed E-state index contributed by atoms with van der Waals surface area (Å²) in [5.41, 5.74) is 2.41. The van der Waals surface area contributed by atoms with E-state index in [4.69, 9.17) is 9.47 Å². The fraction of sp³-hybridized carbons (Fsp3) is 0.429. The minimum Gasteiger partial charge on any atom is -0.496 e. The largest absolute Gasteiger partial charge is 0.496 e. The van der Waals surface area contributed by atoms with Crippen LogP contribution < -0.4 is 14.8 Å². The molecule has 24 heavy (non-hydrogen) atoms. The van der Waals surface area contributed by atoms with E-state index in [1.54, 1.807) is 7.11 Å². The van der Waals surface area contributed by atoms with Crippen LogP contribution in [0.15, 0.2) is 42.5 Å². The summed E-state index contributed by atoms with van der Waals surface area (Å²) in [6, 6.07) is 14.7. The van der Waals surface area contributed by atoms with Crippen molar-refractivity contribution in [2.45, 2.75) is 45.6 Å². The van der Waals surface area contributed by atoms with Crippen molar-refractivity contribution in [2.24, 2.45) is 5.92 Å². The number of fused-ring (bicyclic) bond motifs is 1. The first-order valence-electron chi connectivity index (χ1n) is 8.57. The van der Waals surface area contributed by atoms with E-state index in [9.17, 15) is 0 Å². The Morgan fingerprint density at radius 1 is 1.00 bits per heavy atom. The Kier molecular flexibility index (Phi) is 4.62. The lowest BCUT2D eigenvalue weighted by atomic mass is 10.0. The second kappa shape index (κ2) is 6.41. The lowest BCUT2D eigenvalue weighted by molar-refractivity contribution is 0.240. The molecule has 2 nitrogen and oxygen atoms in total. The molecule has 0 amide bonds. The summed E-state index contributed by atoms with van der Waals surface area (Å²) in [6.45, 7) is 11.5. The van der Waals surface area contributed by atoms with Crippen LogP contribution in [-0.2, 0) is 0 Å². The molecule has 0 N–H and O–H groups in total. The van der Waals surface area contributed by atoms with Crippen molar-refractivity contribution < 1.29 is 9.47 Å². The highest BCUT2D eigenvalue weighted by Crippen LogP contribution is 2.61. The summed E-state index contributed by atoms with van der Waals surface area (Å²) in [5.74, 6) is 2.74. The molecule has 0 aliphatic carbocycles. The van der Waals surface area contributed by atoms with Crippen LogP contribution in [0.1, 0.15) is 34.6 Å². The smallest absolute Gasteiger partial charge is 0.128 e. The molecule has 0 unspecified atom stereocenters. The van der Waals surface area contributed by atoms with E-state index in [0.29, 0.717) is 5.92 Å². The number of rotatable bonds is 3. The summed E-state index contributed by atoms with van der Waals surface area (Å²) in [4.78, 5) is 0. The summed E-state index contributed by atoms with van der Waals surface area (Å²) in [7, 11) is 1.29. The third kappa shape index (κ3) is 2.93. The van der Waals surface area contributed by atoms with Crippen LogP contribution >= 0.6 is 7.92 Å². The van der Waals surface area contributed by atoms with Gasteiger partial charge < -0.3 is 9.47 Å². The molecular weight excluding hydrogens is 315 g/mol. The lowest BCUT2D eigenvalue weighted by Gasteiger charge is -2.34. The molecule has 0 saturated carbocycles. The Bertz CT molecular complexity index is 731. The monoisotopic (exact) mass is 342 g/mol. The number of benzene rings is 2. The van der Waals surface area contributed by atoms with Gasteiger partial charge in [0.05, 0.1) is 7.11 Å². The first-order valence-corrected chi connectivity index (χ1v) is 9.98. The van der Waals surface area contributed by atoms with E-state index < -0.39 is 7.92 Å². The SMILES string of the molecule is COc1ccccc1-c1cccc2c1[P@@](C(C)(C)C)[C@@H](C(C)C)O2. The fourth-order valence-electron chi connectivity index (χ4n) is 3.41. The number of hydrogen-bond donors (Lipinski definition) is 0. The van der Waals surface area contributed by atoms with Gasteiger partial charge in [0.15, 0.2) is 0 Å². The minimum absolute atomic E-state index is 0.188. The average Bonchev–Trinajstić information content (AvgIpc) is 2.94. The normalized spacial score (nSPS) is 20.0. The highest BCUT2D eigenvalue weighted by atomic mass is 31.1.